The first-order valence-electron chi connectivity index (χ1n) is 19.8. The number of unbranched alkanes of at least 4 members (excludes halogenated alkanes) is 21. The van der Waals surface area contributed by atoms with Gasteiger partial charge in [-0.3, -0.25) is 9.35 Å². The normalized spacial score (nSPS) is 21.8. The molecule has 0 aromatic rings. The highest BCUT2D eigenvalue weighted by Gasteiger charge is 2.48. The van der Waals surface area contributed by atoms with Crippen molar-refractivity contribution >= 4 is 16.4 Å². The molecule has 6 atom stereocenters. The SMILES string of the molecule is CCCCCCCCCCCCCCCCCCCOCC(COC1OC(CO)C(O)C(OS(=O)(=O)O)C1O)OC(=O)CCCCCCCC. The van der Waals surface area contributed by atoms with Crippen molar-refractivity contribution in [3.05, 3.63) is 0 Å². The van der Waals surface area contributed by atoms with Crippen molar-refractivity contribution in [2.24, 2.45) is 0 Å². The number of hydrogen-bond acceptors (Lipinski definition) is 11. The fraction of sp³-hybridized carbons (Fsp3) is 0.973. The van der Waals surface area contributed by atoms with Crippen LogP contribution in [0.2, 0.25) is 0 Å². The lowest BCUT2D eigenvalue weighted by molar-refractivity contribution is -0.301. The van der Waals surface area contributed by atoms with Gasteiger partial charge in [0, 0.05) is 13.0 Å². The fourth-order valence-electron chi connectivity index (χ4n) is 6.20. The molecule has 1 heterocycles. The predicted molar refractivity (Wildman–Crippen MR) is 193 cm³/mol. The van der Waals surface area contributed by atoms with Gasteiger partial charge in [-0.05, 0) is 12.8 Å². The molecule has 4 N–H and O–H groups in total. The van der Waals surface area contributed by atoms with E-state index in [2.05, 4.69) is 18.0 Å². The average molecular weight is 741 g/mol. The Labute approximate surface area is 303 Å². The molecule has 6 unspecified atom stereocenters. The van der Waals surface area contributed by atoms with Crippen molar-refractivity contribution < 1.29 is 56.2 Å². The molecule has 0 spiro atoms. The molecule has 1 saturated heterocycles. The summed E-state index contributed by atoms with van der Waals surface area (Å²) in [5.74, 6) is -0.406. The molecular weight excluding hydrogens is 668 g/mol. The zero-order valence-corrected chi connectivity index (χ0v) is 32.0. The quantitative estimate of drug-likeness (QED) is 0.0303. The summed E-state index contributed by atoms with van der Waals surface area (Å²) in [5, 5.41) is 30.4. The van der Waals surface area contributed by atoms with Crippen molar-refractivity contribution in [2.75, 3.05) is 26.4 Å². The van der Waals surface area contributed by atoms with Gasteiger partial charge in [0.05, 0.1) is 19.8 Å². The van der Waals surface area contributed by atoms with E-state index in [1.165, 1.54) is 96.3 Å². The second-order valence-electron chi connectivity index (χ2n) is 13.9. The van der Waals surface area contributed by atoms with Gasteiger partial charge in [-0.2, -0.15) is 8.42 Å². The topological polar surface area (TPSA) is 178 Å². The average Bonchev–Trinajstić information content (AvgIpc) is 3.08. The van der Waals surface area contributed by atoms with E-state index in [1.54, 1.807) is 0 Å². The maximum atomic E-state index is 12.6. The number of carbonyl (C=O) groups excluding carboxylic acids is 1. The summed E-state index contributed by atoms with van der Waals surface area (Å²) in [7, 11) is -5.05. The number of esters is 1. The summed E-state index contributed by atoms with van der Waals surface area (Å²) in [5.41, 5.74) is 0. The number of hydrogen-bond donors (Lipinski definition) is 4. The van der Waals surface area contributed by atoms with Crippen LogP contribution in [0.1, 0.15) is 168 Å². The third-order valence-electron chi connectivity index (χ3n) is 9.23. The molecule has 12 nitrogen and oxygen atoms in total. The number of ether oxygens (including phenoxy) is 4. The molecule has 0 saturated carbocycles. The summed E-state index contributed by atoms with van der Waals surface area (Å²) in [6, 6.07) is 0. The molecular formula is C37H72O12S. The lowest BCUT2D eigenvalue weighted by Crippen LogP contribution is -2.60. The van der Waals surface area contributed by atoms with Gasteiger partial charge in [0.2, 0.25) is 0 Å². The third-order valence-corrected chi connectivity index (χ3v) is 9.69. The minimum Gasteiger partial charge on any atom is -0.457 e. The monoisotopic (exact) mass is 740 g/mol. The van der Waals surface area contributed by atoms with E-state index in [4.69, 9.17) is 23.5 Å². The summed E-state index contributed by atoms with van der Waals surface area (Å²) in [4.78, 5) is 12.6. The van der Waals surface area contributed by atoms with Crippen LogP contribution in [0.15, 0.2) is 0 Å². The van der Waals surface area contributed by atoms with Gasteiger partial charge in [-0.15, -0.1) is 0 Å². The number of rotatable bonds is 34. The molecule has 0 radical (unpaired) electrons. The van der Waals surface area contributed by atoms with Gasteiger partial charge >= 0.3 is 16.4 Å². The second kappa shape index (κ2) is 30.6. The Balaban J connectivity index is 2.38. The summed E-state index contributed by atoms with van der Waals surface area (Å²) >= 11 is 0. The summed E-state index contributed by atoms with van der Waals surface area (Å²) in [6.45, 7) is 3.93. The molecule has 298 valence electrons. The number of aliphatic hydroxyl groups is 3. The molecule has 1 rings (SSSR count). The predicted octanol–water partition coefficient (Wildman–Crippen LogP) is 6.96. The van der Waals surface area contributed by atoms with Gasteiger partial charge in [0.1, 0.15) is 30.5 Å². The van der Waals surface area contributed by atoms with Gasteiger partial charge in [0.25, 0.3) is 0 Å². The van der Waals surface area contributed by atoms with Crippen molar-refractivity contribution in [3.8, 4) is 0 Å². The summed E-state index contributed by atoms with van der Waals surface area (Å²) in [6.07, 6.45) is 19.0. The first-order chi connectivity index (χ1) is 24.1. The van der Waals surface area contributed by atoms with E-state index in [1.807, 2.05) is 0 Å². The van der Waals surface area contributed by atoms with Crippen LogP contribution in [0.5, 0.6) is 0 Å². The molecule has 0 bridgehead atoms. The first-order valence-corrected chi connectivity index (χ1v) is 21.2. The smallest absolute Gasteiger partial charge is 0.397 e. The number of carbonyl (C=O) groups is 1. The van der Waals surface area contributed by atoms with E-state index in [9.17, 15) is 28.5 Å². The van der Waals surface area contributed by atoms with Gasteiger partial charge < -0.3 is 34.3 Å². The molecule has 0 aromatic carbocycles. The van der Waals surface area contributed by atoms with Crippen LogP contribution >= 0.6 is 0 Å². The second-order valence-corrected chi connectivity index (χ2v) is 14.9. The van der Waals surface area contributed by atoms with E-state index >= 15 is 0 Å². The van der Waals surface area contributed by atoms with Crippen LogP contribution in [0.25, 0.3) is 0 Å². The lowest BCUT2D eigenvalue weighted by Gasteiger charge is -2.41. The molecule has 0 aliphatic carbocycles. The Morgan fingerprint density at radius 2 is 1.14 bits per heavy atom. The van der Waals surface area contributed by atoms with Crippen LogP contribution in [0.3, 0.4) is 0 Å². The maximum Gasteiger partial charge on any atom is 0.397 e. The Kier molecular flexibility index (Phi) is 28.8. The zero-order valence-electron chi connectivity index (χ0n) is 31.2. The van der Waals surface area contributed by atoms with E-state index in [-0.39, 0.29) is 19.6 Å². The third kappa shape index (κ3) is 24.4. The van der Waals surface area contributed by atoms with Crippen molar-refractivity contribution in [1.29, 1.82) is 0 Å². The maximum absolute atomic E-state index is 12.6. The van der Waals surface area contributed by atoms with E-state index in [0.717, 1.165) is 44.9 Å². The van der Waals surface area contributed by atoms with Crippen LogP contribution in [-0.2, 0) is 38.3 Å². The Morgan fingerprint density at radius 3 is 1.60 bits per heavy atom. The molecule has 13 heteroatoms. The summed E-state index contributed by atoms with van der Waals surface area (Å²) < 4.78 is 58.6. The Hall–Kier alpha value is -0.900. The van der Waals surface area contributed by atoms with Crippen LogP contribution in [-0.4, -0.2) is 97.5 Å². The highest BCUT2D eigenvalue weighted by molar-refractivity contribution is 7.80. The molecule has 50 heavy (non-hydrogen) atoms. The zero-order chi connectivity index (χ0) is 36.9. The van der Waals surface area contributed by atoms with Crippen molar-refractivity contribution in [3.63, 3.8) is 0 Å². The molecule has 0 aromatic heterocycles. The standard InChI is InChI=1S/C37H72O12S/c1-3-5-7-9-11-12-13-14-15-16-17-18-19-20-21-23-25-27-45-29-31(47-33(39)26-24-22-10-8-6-4-2)30-46-37-35(41)36(49-50(42,43)44)34(40)32(28-38)48-37/h31-32,34-38,40-41H,3-30H2,1-2H3,(H,42,43,44). The van der Waals surface area contributed by atoms with Gasteiger partial charge in [0.15, 0.2) is 6.29 Å². The lowest BCUT2D eigenvalue weighted by atomic mass is 9.99. The largest absolute Gasteiger partial charge is 0.457 e. The Bertz CT molecular complexity index is 905. The number of aliphatic hydroxyl groups excluding tert-OH is 3. The molecule has 1 aliphatic heterocycles. The van der Waals surface area contributed by atoms with E-state index in [0.29, 0.717) is 13.0 Å². The van der Waals surface area contributed by atoms with E-state index < -0.39 is 59.8 Å². The fourth-order valence-corrected chi connectivity index (χ4v) is 6.71. The molecule has 1 aliphatic rings. The van der Waals surface area contributed by atoms with Crippen LogP contribution in [0, 0.1) is 0 Å². The van der Waals surface area contributed by atoms with Gasteiger partial charge in [-0.1, -0.05) is 149 Å². The van der Waals surface area contributed by atoms with Crippen LogP contribution < -0.4 is 0 Å². The molecule has 0 amide bonds. The van der Waals surface area contributed by atoms with Crippen molar-refractivity contribution in [1.82, 2.24) is 0 Å². The first kappa shape index (κ1) is 47.1. The minimum atomic E-state index is -5.05. The van der Waals surface area contributed by atoms with Crippen molar-refractivity contribution in [2.45, 2.75) is 205 Å². The van der Waals surface area contributed by atoms with Crippen LogP contribution in [0.4, 0.5) is 0 Å². The van der Waals surface area contributed by atoms with Gasteiger partial charge in [-0.25, -0.2) is 4.18 Å². The Morgan fingerprint density at radius 1 is 0.680 bits per heavy atom. The highest BCUT2D eigenvalue weighted by atomic mass is 32.3. The molecule has 1 fully saturated rings. The highest BCUT2D eigenvalue weighted by Crippen LogP contribution is 2.26. The minimum absolute atomic E-state index is 0.0426.